The van der Waals surface area contributed by atoms with E-state index in [4.69, 9.17) is 0 Å². The van der Waals surface area contributed by atoms with Gasteiger partial charge in [-0.3, -0.25) is 9.58 Å². The number of hydrogen-bond donors (Lipinski definition) is 0. The maximum atomic E-state index is 4.23. The van der Waals surface area contributed by atoms with Crippen LogP contribution in [0, 0.1) is 0 Å². The molecule has 1 saturated heterocycles. The molecule has 0 aliphatic carbocycles. The van der Waals surface area contributed by atoms with Crippen LogP contribution in [-0.2, 0) is 13.5 Å². The summed E-state index contributed by atoms with van der Waals surface area (Å²) in [5.74, 6) is 0. The van der Waals surface area contributed by atoms with Crippen molar-refractivity contribution in [3.05, 3.63) is 40.3 Å². The van der Waals surface area contributed by atoms with Crippen LogP contribution in [0.2, 0.25) is 0 Å². The summed E-state index contributed by atoms with van der Waals surface area (Å²) in [6.07, 6.45) is 7.85. The van der Waals surface area contributed by atoms with Gasteiger partial charge in [-0.05, 0) is 42.8 Å². The quantitative estimate of drug-likeness (QED) is 0.844. The van der Waals surface area contributed by atoms with Crippen LogP contribution in [0.15, 0.2) is 29.9 Å². The fourth-order valence-corrected chi connectivity index (χ4v) is 3.67. The summed E-state index contributed by atoms with van der Waals surface area (Å²) in [4.78, 5) is 4.15. The molecule has 0 saturated carbocycles. The minimum atomic E-state index is 0.654. The Kier molecular flexibility index (Phi) is 3.48. The van der Waals surface area contributed by atoms with E-state index in [9.17, 15) is 0 Å². The smallest absolute Gasteiger partial charge is 0.0522 e. The van der Waals surface area contributed by atoms with Gasteiger partial charge in [0.05, 0.1) is 6.20 Å². The van der Waals surface area contributed by atoms with Gasteiger partial charge in [0.15, 0.2) is 0 Å². The highest BCUT2D eigenvalue weighted by Crippen LogP contribution is 2.34. The largest absolute Gasteiger partial charge is 0.295 e. The Balaban J connectivity index is 1.62. The number of rotatable bonds is 4. The monoisotopic (exact) mass is 261 g/mol. The van der Waals surface area contributed by atoms with Crippen molar-refractivity contribution in [2.45, 2.75) is 25.3 Å². The Hall–Kier alpha value is -1.13. The summed E-state index contributed by atoms with van der Waals surface area (Å²) in [7, 11) is 1.98. The van der Waals surface area contributed by atoms with Gasteiger partial charge in [-0.25, -0.2) is 0 Å². The summed E-state index contributed by atoms with van der Waals surface area (Å²) in [5, 5.41) is 6.42. The van der Waals surface area contributed by atoms with E-state index in [-0.39, 0.29) is 0 Å². The van der Waals surface area contributed by atoms with Crippen LogP contribution in [0.5, 0.6) is 0 Å². The van der Waals surface area contributed by atoms with E-state index in [0.29, 0.717) is 6.04 Å². The van der Waals surface area contributed by atoms with Crippen molar-refractivity contribution in [1.82, 2.24) is 14.7 Å². The molecule has 1 fully saturated rings. The first-order chi connectivity index (χ1) is 8.83. The molecule has 1 aliphatic rings. The van der Waals surface area contributed by atoms with Crippen LogP contribution >= 0.6 is 11.3 Å². The van der Waals surface area contributed by atoms with E-state index in [0.717, 1.165) is 13.0 Å². The lowest BCUT2D eigenvalue weighted by molar-refractivity contribution is 0.264. The first-order valence-electron chi connectivity index (χ1n) is 6.58. The molecule has 18 heavy (non-hydrogen) atoms. The first-order valence-corrected chi connectivity index (χ1v) is 7.46. The van der Waals surface area contributed by atoms with Crippen LogP contribution in [0.3, 0.4) is 0 Å². The molecule has 3 nitrogen and oxygen atoms in total. The Morgan fingerprint density at radius 3 is 3.17 bits per heavy atom. The Morgan fingerprint density at radius 2 is 2.44 bits per heavy atom. The van der Waals surface area contributed by atoms with E-state index in [1.54, 1.807) is 0 Å². The molecule has 3 rings (SSSR count). The van der Waals surface area contributed by atoms with Gasteiger partial charge >= 0.3 is 0 Å². The van der Waals surface area contributed by atoms with Gasteiger partial charge in [-0.15, -0.1) is 11.3 Å². The van der Waals surface area contributed by atoms with Crippen LogP contribution in [0.25, 0.3) is 0 Å². The molecule has 0 amide bonds. The number of aryl methyl sites for hydroxylation is 1. The predicted molar refractivity (Wildman–Crippen MR) is 74.8 cm³/mol. The number of nitrogens with zero attached hydrogens (tertiary/aromatic N) is 3. The minimum Gasteiger partial charge on any atom is -0.295 e. The summed E-state index contributed by atoms with van der Waals surface area (Å²) >= 11 is 1.89. The fourth-order valence-electron chi connectivity index (χ4n) is 2.77. The lowest BCUT2D eigenvalue weighted by Gasteiger charge is -2.23. The Labute approximate surface area is 112 Å². The standard InChI is InChI=1S/C14H19N3S/c1-16-11-12(10-15-16)6-8-17-7-2-4-13(17)14-5-3-9-18-14/h3,5,9-11,13H,2,4,6-8H2,1H3/t13-/m1/s1. The van der Waals surface area contributed by atoms with E-state index >= 15 is 0 Å². The molecule has 0 aromatic carbocycles. The molecule has 2 aromatic heterocycles. The normalized spacial score (nSPS) is 20.6. The SMILES string of the molecule is Cn1cc(CCN2CCC[C@@H]2c2cccs2)cn1. The Bertz CT molecular complexity index is 489. The van der Waals surface area contributed by atoms with Gasteiger partial charge in [0.2, 0.25) is 0 Å². The molecule has 2 aromatic rings. The average molecular weight is 261 g/mol. The number of hydrogen-bond acceptors (Lipinski definition) is 3. The molecule has 0 bridgehead atoms. The van der Waals surface area contributed by atoms with Crippen LogP contribution in [0.4, 0.5) is 0 Å². The highest BCUT2D eigenvalue weighted by atomic mass is 32.1. The van der Waals surface area contributed by atoms with Crippen LogP contribution in [-0.4, -0.2) is 27.8 Å². The number of thiophene rings is 1. The lowest BCUT2D eigenvalue weighted by atomic mass is 10.1. The van der Waals surface area contributed by atoms with Crippen LogP contribution in [0.1, 0.15) is 29.3 Å². The molecule has 0 N–H and O–H groups in total. The zero-order chi connectivity index (χ0) is 12.4. The summed E-state index contributed by atoms with van der Waals surface area (Å²) < 4.78 is 1.88. The molecular weight excluding hydrogens is 242 g/mol. The number of likely N-dealkylation sites (tertiary alicyclic amines) is 1. The summed E-state index contributed by atoms with van der Waals surface area (Å²) in [6, 6.07) is 5.09. The second-order valence-electron chi connectivity index (χ2n) is 4.98. The zero-order valence-corrected chi connectivity index (χ0v) is 11.6. The second-order valence-corrected chi connectivity index (χ2v) is 5.96. The fraction of sp³-hybridized carbons (Fsp3) is 0.500. The van der Waals surface area contributed by atoms with Crippen molar-refractivity contribution in [3.63, 3.8) is 0 Å². The van der Waals surface area contributed by atoms with Gasteiger partial charge in [-0.2, -0.15) is 5.10 Å². The lowest BCUT2D eigenvalue weighted by Crippen LogP contribution is -2.25. The molecule has 1 aliphatic heterocycles. The van der Waals surface area contributed by atoms with E-state index in [1.165, 1.54) is 29.8 Å². The van der Waals surface area contributed by atoms with Crippen molar-refractivity contribution >= 4 is 11.3 Å². The molecule has 0 unspecified atom stereocenters. The molecule has 1 atom stereocenters. The van der Waals surface area contributed by atoms with Crippen molar-refractivity contribution in [3.8, 4) is 0 Å². The average Bonchev–Trinajstić information content (AvgIpc) is 3.07. The van der Waals surface area contributed by atoms with Crippen molar-refractivity contribution in [2.24, 2.45) is 7.05 Å². The van der Waals surface area contributed by atoms with Gasteiger partial charge in [0.25, 0.3) is 0 Å². The predicted octanol–water partition coefficient (Wildman–Crippen LogP) is 2.86. The highest BCUT2D eigenvalue weighted by Gasteiger charge is 2.26. The zero-order valence-electron chi connectivity index (χ0n) is 10.7. The van der Waals surface area contributed by atoms with E-state index < -0.39 is 0 Å². The third-order valence-electron chi connectivity index (χ3n) is 3.68. The molecule has 3 heterocycles. The second kappa shape index (κ2) is 5.24. The van der Waals surface area contributed by atoms with E-state index in [2.05, 4.69) is 33.7 Å². The summed E-state index contributed by atoms with van der Waals surface area (Å²) in [5.41, 5.74) is 1.34. The van der Waals surface area contributed by atoms with Gasteiger partial charge < -0.3 is 0 Å². The molecule has 0 radical (unpaired) electrons. The van der Waals surface area contributed by atoms with Gasteiger partial charge in [0.1, 0.15) is 0 Å². The Morgan fingerprint density at radius 1 is 1.50 bits per heavy atom. The maximum Gasteiger partial charge on any atom is 0.0522 e. The number of aromatic nitrogens is 2. The summed E-state index contributed by atoms with van der Waals surface area (Å²) in [6.45, 7) is 2.39. The van der Waals surface area contributed by atoms with E-state index in [1.807, 2.05) is 29.3 Å². The molecule has 0 spiro atoms. The van der Waals surface area contributed by atoms with Crippen molar-refractivity contribution in [2.75, 3.05) is 13.1 Å². The van der Waals surface area contributed by atoms with Crippen molar-refractivity contribution < 1.29 is 0 Å². The third-order valence-corrected chi connectivity index (χ3v) is 4.65. The van der Waals surface area contributed by atoms with Crippen molar-refractivity contribution in [1.29, 1.82) is 0 Å². The molecule has 4 heteroatoms. The minimum absolute atomic E-state index is 0.654. The first kappa shape index (κ1) is 11.9. The third kappa shape index (κ3) is 2.49. The van der Waals surface area contributed by atoms with Gasteiger partial charge in [0, 0.05) is 30.7 Å². The van der Waals surface area contributed by atoms with Gasteiger partial charge in [-0.1, -0.05) is 6.07 Å². The van der Waals surface area contributed by atoms with Crippen LogP contribution < -0.4 is 0 Å². The molecular formula is C14H19N3S. The molecule has 96 valence electrons. The topological polar surface area (TPSA) is 21.1 Å². The maximum absolute atomic E-state index is 4.23. The highest BCUT2D eigenvalue weighted by molar-refractivity contribution is 7.10.